The molecule has 18 nitrogen and oxygen atoms in total. The van der Waals surface area contributed by atoms with Gasteiger partial charge in [0.15, 0.2) is 23.0 Å². The summed E-state index contributed by atoms with van der Waals surface area (Å²) in [4.78, 5) is 11.9. The second kappa shape index (κ2) is 14.8. The van der Waals surface area contributed by atoms with Gasteiger partial charge >= 0.3 is 0 Å². The van der Waals surface area contributed by atoms with Gasteiger partial charge in [-0.15, -0.1) is 15.3 Å². The largest absolute Gasteiger partial charge is 0.505 e. The Labute approximate surface area is 283 Å². The zero-order chi connectivity index (χ0) is 34.7. The maximum atomic E-state index is 11.3. The van der Waals surface area contributed by atoms with Crippen molar-refractivity contribution in [3.63, 3.8) is 0 Å². The first-order chi connectivity index (χ1) is 22.0. The van der Waals surface area contributed by atoms with Gasteiger partial charge in [-0.3, -0.25) is 14.3 Å². The second-order valence-electron chi connectivity index (χ2n) is 9.48. The molecule has 2 aromatic heterocycles. The fourth-order valence-corrected chi connectivity index (χ4v) is 5.16. The Balaban J connectivity index is 0.00000118. The molecule has 48 heavy (non-hydrogen) atoms. The molecule has 0 aliphatic carbocycles. The smallest absolute Gasteiger partial charge is 0.300 e. The van der Waals surface area contributed by atoms with E-state index < -0.39 is 43.3 Å². The summed E-state index contributed by atoms with van der Waals surface area (Å²) < 4.78 is 63.3. The number of carbonyl (C=O) groups is 1. The molecule has 0 fully saturated rings. The zero-order valence-electron chi connectivity index (χ0n) is 24.5. The van der Waals surface area contributed by atoms with Gasteiger partial charge in [0, 0.05) is 35.6 Å². The van der Waals surface area contributed by atoms with Crippen LogP contribution in [0.1, 0.15) is 12.6 Å². The average molecular weight is 750 g/mol. The summed E-state index contributed by atoms with van der Waals surface area (Å²) in [5, 5.41) is 49.0. The molecule has 0 bridgehead atoms. The van der Waals surface area contributed by atoms with Crippen molar-refractivity contribution in [2.24, 2.45) is 20.5 Å². The molecule has 9 N–H and O–H groups in total. The second-order valence-corrected chi connectivity index (χ2v) is 12.4. The van der Waals surface area contributed by atoms with Crippen LogP contribution in [0.25, 0.3) is 16.5 Å². The maximum absolute atomic E-state index is 11.3. The molecule has 2 heterocycles. The molecule has 0 unspecified atom stereocenters. The quantitative estimate of drug-likeness (QED) is 0.0503. The number of aryl methyl sites for hydroxylation is 1. The minimum atomic E-state index is -4.39. The van der Waals surface area contributed by atoms with Gasteiger partial charge in [0.05, 0.1) is 33.1 Å². The van der Waals surface area contributed by atoms with E-state index in [1.165, 1.54) is 65.5 Å². The third-order valence-corrected chi connectivity index (χ3v) is 7.84. The number of nitrogen functional groups attached to an aromatic ring is 1. The summed E-state index contributed by atoms with van der Waals surface area (Å²) in [5.41, 5.74) is 7.04. The Morgan fingerprint density at radius 1 is 0.896 bits per heavy atom. The van der Waals surface area contributed by atoms with E-state index in [0.29, 0.717) is 11.4 Å². The molecule has 0 saturated carbocycles. The van der Waals surface area contributed by atoms with Crippen LogP contribution in [0, 0.1) is 6.92 Å². The molecule has 3 aromatic carbocycles. The molecule has 0 aliphatic rings. The number of nitrogens with zero attached hydrogens (tertiary/aromatic N) is 7. The Morgan fingerprint density at radius 2 is 1.52 bits per heavy atom. The third kappa shape index (κ3) is 8.67. The minimum absolute atomic E-state index is 0. The van der Waals surface area contributed by atoms with E-state index >= 15 is 0 Å². The predicted molar refractivity (Wildman–Crippen MR) is 169 cm³/mol. The number of carboxylic acids is 1. The summed E-state index contributed by atoms with van der Waals surface area (Å²) in [6.45, 7) is 2.71. The van der Waals surface area contributed by atoms with E-state index in [9.17, 15) is 36.8 Å². The number of fused-ring (bicyclic) bond motifs is 1. The summed E-state index contributed by atoms with van der Waals surface area (Å²) in [6.07, 6.45) is 2.46. The molecular formula is C27H26CuN8O10S2. The molecule has 257 valence electrons. The van der Waals surface area contributed by atoms with Gasteiger partial charge in [-0.25, -0.2) is 4.68 Å². The van der Waals surface area contributed by atoms with E-state index in [0.717, 1.165) is 13.1 Å². The summed E-state index contributed by atoms with van der Waals surface area (Å²) in [5.74, 6) is -1.58. The summed E-state index contributed by atoms with van der Waals surface area (Å²) >= 11 is 0. The van der Waals surface area contributed by atoms with Crippen LogP contribution in [0.4, 0.5) is 28.6 Å². The van der Waals surface area contributed by atoms with Crippen LogP contribution in [-0.2, 0) is 32.0 Å². The number of phenolic OH excluding ortho intramolecular Hbond substituents is 1. The molecule has 21 heteroatoms. The van der Waals surface area contributed by atoms with Crippen molar-refractivity contribution in [1.29, 1.82) is 0 Å². The van der Waals surface area contributed by atoms with Gasteiger partial charge in [0.1, 0.15) is 22.2 Å². The van der Waals surface area contributed by atoms with Crippen LogP contribution < -0.4 is 5.73 Å². The maximum Gasteiger partial charge on any atom is 0.300 e. The predicted octanol–water partition coefficient (Wildman–Crippen LogP) is 6.47. The van der Waals surface area contributed by atoms with Crippen LogP contribution in [0.5, 0.6) is 11.5 Å². The number of hydrogen-bond acceptors (Lipinski definition) is 15. The zero-order valence-corrected chi connectivity index (χ0v) is 27.1. The van der Waals surface area contributed by atoms with E-state index in [2.05, 4.69) is 30.5 Å². The Morgan fingerprint density at radius 3 is 2.10 bits per heavy atom. The standard InChI is InChI=1S/C25H22N8O8S2.C2H4O2.Cu/c1-13-22(25(26)33(32-13)16-3-5-17(6-4-16)42(36,37)38)30-28-15-2-7-18-14(10-15)11-21(43(39,40)41)23(24(18)35)31-29-19-8-9-27-12-20(19)34;1-2(3)4;/h2-12,34-35,39-41H,26H2,1H3,(H,36,37,38);1H3,(H,3,4);. The number of azo groups is 2. The van der Waals surface area contributed by atoms with Gasteiger partial charge in [0.25, 0.3) is 16.1 Å². The van der Waals surface area contributed by atoms with E-state index in [-0.39, 0.29) is 61.4 Å². The molecule has 0 aliphatic heterocycles. The fraction of sp³-hybridized carbons (Fsp3) is 0.0741. The van der Waals surface area contributed by atoms with Gasteiger partial charge in [-0.2, -0.15) is 18.6 Å². The van der Waals surface area contributed by atoms with Crippen LogP contribution in [0.2, 0.25) is 0 Å². The van der Waals surface area contributed by atoms with Crippen LogP contribution in [0.15, 0.2) is 97.2 Å². The van der Waals surface area contributed by atoms with Gasteiger partial charge in [-0.05, 0) is 66.9 Å². The monoisotopic (exact) mass is 749 g/mol. The molecule has 0 amide bonds. The van der Waals surface area contributed by atoms with Crippen molar-refractivity contribution in [1.82, 2.24) is 14.8 Å². The number of benzene rings is 3. The Kier molecular flexibility index (Phi) is 11.6. The van der Waals surface area contributed by atoms with Crippen molar-refractivity contribution in [3.05, 3.63) is 72.7 Å². The summed E-state index contributed by atoms with van der Waals surface area (Å²) in [6, 6.07) is 12.1. The van der Waals surface area contributed by atoms with Crippen molar-refractivity contribution in [2.75, 3.05) is 5.73 Å². The number of aromatic hydroxyl groups is 2. The number of rotatable bonds is 7. The molecule has 0 spiro atoms. The van der Waals surface area contributed by atoms with E-state index in [1.807, 2.05) is 0 Å². The number of aliphatic carboxylic acids is 1. The third-order valence-electron chi connectivity index (χ3n) is 6.07. The Hall–Kier alpha value is -4.99. The number of hydrogen-bond donors (Lipinski definition) is 8. The van der Waals surface area contributed by atoms with Crippen molar-refractivity contribution in [3.8, 4) is 17.2 Å². The number of pyridine rings is 1. The van der Waals surface area contributed by atoms with Crippen LogP contribution in [-0.4, -0.2) is 62.7 Å². The number of carboxylic acid groups (broad SMARTS) is 1. The fourth-order valence-electron chi connectivity index (χ4n) is 4.00. The molecule has 0 atom stereocenters. The molecule has 1 radical (unpaired) electrons. The number of aromatic nitrogens is 3. The topological polar surface area (TPSA) is 299 Å². The molecule has 5 rings (SSSR count). The normalized spacial score (nSPS) is 12.1. The van der Waals surface area contributed by atoms with E-state index in [4.69, 9.17) is 15.6 Å². The average Bonchev–Trinajstić information content (AvgIpc) is 3.27. The number of anilines is 1. The van der Waals surface area contributed by atoms with Gasteiger partial charge in [0.2, 0.25) is 0 Å². The van der Waals surface area contributed by atoms with Crippen molar-refractivity contribution in [2.45, 2.75) is 23.6 Å². The van der Waals surface area contributed by atoms with Crippen molar-refractivity contribution >= 4 is 66.3 Å². The molecular weight excluding hydrogens is 724 g/mol. The van der Waals surface area contributed by atoms with Crippen LogP contribution in [0.3, 0.4) is 0 Å². The first-order valence-corrected chi connectivity index (χ1v) is 15.8. The van der Waals surface area contributed by atoms with Crippen LogP contribution >= 0.6 is 10.9 Å². The van der Waals surface area contributed by atoms with Crippen molar-refractivity contribution < 1.29 is 63.8 Å². The van der Waals surface area contributed by atoms with Gasteiger partial charge < -0.3 is 34.7 Å². The first kappa shape index (κ1) is 37.5. The summed E-state index contributed by atoms with van der Waals surface area (Å²) in [7, 11) is -8.77. The molecule has 0 saturated heterocycles. The first-order valence-electron chi connectivity index (χ1n) is 12.9. The number of phenols is 1. The van der Waals surface area contributed by atoms with E-state index in [1.54, 1.807) is 6.92 Å². The van der Waals surface area contributed by atoms with Gasteiger partial charge in [-0.1, -0.05) is 0 Å². The SMILES string of the molecule is CC(=O)O.Cc1nn(-c2ccc(S(=O)(=O)O)cc2)c(N)c1N=Nc1ccc2c(O)c(N=Nc3ccncc3O)c(S(O)(O)O)cc2c1.[Cu]. The Bertz CT molecular complexity index is 2150. The molecule has 5 aromatic rings. The number of nitrogens with two attached hydrogens (primary N) is 1. The minimum Gasteiger partial charge on any atom is -0.505 e.